The summed E-state index contributed by atoms with van der Waals surface area (Å²) in [5.74, 6) is 0.379. The minimum atomic E-state index is -3.81. The summed E-state index contributed by atoms with van der Waals surface area (Å²) in [6.45, 7) is 1.97. The minimum absolute atomic E-state index is 0.130. The van der Waals surface area contributed by atoms with Crippen molar-refractivity contribution in [2.24, 2.45) is 0 Å². The SMILES string of the molecule is CC[C@H](NC(=O)c1ccccc1NS(=O)(=O)c1ccccc1)c1ccc(OC)cc1. The Morgan fingerprint density at radius 2 is 1.57 bits per heavy atom. The average Bonchev–Trinajstić information content (AvgIpc) is 2.78. The van der Waals surface area contributed by atoms with Crippen molar-refractivity contribution < 1.29 is 17.9 Å². The second kappa shape index (κ2) is 9.45. The zero-order chi connectivity index (χ0) is 21.6. The molecule has 0 radical (unpaired) electrons. The molecular weight excluding hydrogens is 400 g/mol. The summed E-state index contributed by atoms with van der Waals surface area (Å²) in [5, 5.41) is 2.99. The number of hydrogen-bond donors (Lipinski definition) is 2. The van der Waals surface area contributed by atoms with Crippen LogP contribution in [0.25, 0.3) is 0 Å². The monoisotopic (exact) mass is 424 g/mol. The summed E-state index contributed by atoms with van der Waals surface area (Å²) in [7, 11) is -2.21. The van der Waals surface area contributed by atoms with Crippen molar-refractivity contribution in [2.75, 3.05) is 11.8 Å². The second-order valence-electron chi connectivity index (χ2n) is 6.67. The third-order valence-electron chi connectivity index (χ3n) is 4.70. The number of carbonyl (C=O) groups excluding carboxylic acids is 1. The molecule has 1 atom stereocenters. The lowest BCUT2D eigenvalue weighted by atomic mass is 10.0. The Kier molecular flexibility index (Phi) is 6.74. The molecule has 0 aromatic heterocycles. The molecule has 3 rings (SSSR count). The first-order valence-electron chi connectivity index (χ1n) is 9.56. The Morgan fingerprint density at radius 3 is 2.20 bits per heavy atom. The van der Waals surface area contributed by atoms with Gasteiger partial charge in [-0.2, -0.15) is 0 Å². The number of amides is 1. The minimum Gasteiger partial charge on any atom is -0.497 e. The summed E-state index contributed by atoms with van der Waals surface area (Å²) in [6, 6.07) is 21.8. The lowest BCUT2D eigenvalue weighted by Crippen LogP contribution is -2.29. The van der Waals surface area contributed by atoms with Crippen LogP contribution in [0.3, 0.4) is 0 Å². The highest BCUT2D eigenvalue weighted by Gasteiger charge is 2.20. The Morgan fingerprint density at radius 1 is 0.933 bits per heavy atom. The van der Waals surface area contributed by atoms with Gasteiger partial charge >= 0.3 is 0 Å². The van der Waals surface area contributed by atoms with Crippen molar-refractivity contribution in [2.45, 2.75) is 24.3 Å². The summed E-state index contributed by atoms with van der Waals surface area (Å²) in [6.07, 6.45) is 0.677. The van der Waals surface area contributed by atoms with Crippen LogP contribution in [0.1, 0.15) is 35.3 Å². The van der Waals surface area contributed by atoms with Crippen molar-refractivity contribution in [3.8, 4) is 5.75 Å². The number of ether oxygens (including phenoxy) is 1. The van der Waals surface area contributed by atoms with Crippen LogP contribution in [0.5, 0.6) is 5.75 Å². The number of anilines is 1. The van der Waals surface area contributed by atoms with Gasteiger partial charge in [0, 0.05) is 0 Å². The summed E-state index contributed by atoms with van der Waals surface area (Å²) in [5.41, 5.74) is 1.42. The molecule has 0 fully saturated rings. The van der Waals surface area contributed by atoms with E-state index in [4.69, 9.17) is 4.74 Å². The van der Waals surface area contributed by atoms with Gasteiger partial charge in [-0.25, -0.2) is 8.42 Å². The van der Waals surface area contributed by atoms with Crippen LogP contribution in [-0.2, 0) is 10.0 Å². The molecule has 2 N–H and O–H groups in total. The molecule has 0 aliphatic carbocycles. The van der Waals surface area contributed by atoms with E-state index >= 15 is 0 Å². The zero-order valence-corrected chi connectivity index (χ0v) is 17.6. The van der Waals surface area contributed by atoms with Crippen molar-refractivity contribution >= 4 is 21.6 Å². The maximum absolute atomic E-state index is 13.0. The Hall–Kier alpha value is -3.32. The quantitative estimate of drug-likeness (QED) is 0.562. The lowest BCUT2D eigenvalue weighted by Gasteiger charge is -2.19. The summed E-state index contributed by atoms with van der Waals surface area (Å²) >= 11 is 0. The zero-order valence-electron chi connectivity index (χ0n) is 16.8. The maximum Gasteiger partial charge on any atom is 0.261 e. The topological polar surface area (TPSA) is 84.5 Å². The number of rotatable bonds is 8. The van der Waals surface area contributed by atoms with E-state index in [1.807, 2.05) is 31.2 Å². The maximum atomic E-state index is 13.0. The van der Waals surface area contributed by atoms with Crippen LogP contribution in [-0.4, -0.2) is 21.4 Å². The van der Waals surface area contributed by atoms with E-state index in [9.17, 15) is 13.2 Å². The largest absolute Gasteiger partial charge is 0.497 e. The van der Waals surface area contributed by atoms with Gasteiger partial charge in [-0.05, 0) is 48.4 Å². The molecule has 7 heteroatoms. The van der Waals surface area contributed by atoms with Gasteiger partial charge in [-0.1, -0.05) is 49.4 Å². The Balaban J connectivity index is 1.82. The predicted molar refractivity (Wildman–Crippen MR) is 117 cm³/mol. The molecule has 0 aliphatic heterocycles. The molecule has 3 aromatic rings. The molecule has 0 unspecified atom stereocenters. The number of sulfonamides is 1. The molecule has 0 saturated heterocycles. The molecule has 0 aliphatic rings. The number of para-hydroxylation sites is 1. The number of carbonyl (C=O) groups is 1. The molecule has 6 nitrogen and oxygen atoms in total. The first kappa shape index (κ1) is 21.4. The fourth-order valence-electron chi connectivity index (χ4n) is 3.07. The van der Waals surface area contributed by atoms with Crippen LogP contribution in [0.2, 0.25) is 0 Å². The molecular formula is C23H24N2O4S. The third kappa shape index (κ3) is 4.99. The molecule has 3 aromatic carbocycles. The van der Waals surface area contributed by atoms with Crippen LogP contribution in [0, 0.1) is 0 Å². The first-order valence-corrected chi connectivity index (χ1v) is 11.0. The van der Waals surface area contributed by atoms with Crippen molar-refractivity contribution in [1.29, 1.82) is 0 Å². The Labute approximate surface area is 177 Å². The molecule has 156 valence electrons. The van der Waals surface area contributed by atoms with E-state index in [0.29, 0.717) is 6.42 Å². The molecule has 0 spiro atoms. The van der Waals surface area contributed by atoms with E-state index in [1.54, 1.807) is 49.6 Å². The van der Waals surface area contributed by atoms with E-state index in [0.717, 1.165) is 11.3 Å². The Bertz CT molecular complexity index is 1100. The summed E-state index contributed by atoms with van der Waals surface area (Å²) < 4.78 is 33.1. The molecule has 1 amide bonds. The normalized spacial score (nSPS) is 12.1. The van der Waals surface area contributed by atoms with Gasteiger partial charge in [0.25, 0.3) is 15.9 Å². The van der Waals surface area contributed by atoms with Crippen LogP contribution in [0.15, 0.2) is 83.8 Å². The number of hydrogen-bond acceptors (Lipinski definition) is 4. The third-order valence-corrected chi connectivity index (χ3v) is 6.08. The van der Waals surface area contributed by atoms with Gasteiger partial charge in [-0.15, -0.1) is 0 Å². The van der Waals surface area contributed by atoms with Crippen LogP contribution in [0.4, 0.5) is 5.69 Å². The van der Waals surface area contributed by atoms with E-state index in [1.165, 1.54) is 12.1 Å². The fraction of sp³-hybridized carbons (Fsp3) is 0.174. The molecule has 0 heterocycles. The average molecular weight is 425 g/mol. The van der Waals surface area contributed by atoms with E-state index < -0.39 is 10.0 Å². The molecule has 30 heavy (non-hydrogen) atoms. The predicted octanol–water partition coefficient (Wildman–Crippen LogP) is 4.38. The number of methoxy groups -OCH3 is 1. The van der Waals surface area contributed by atoms with E-state index in [-0.39, 0.29) is 28.1 Å². The highest BCUT2D eigenvalue weighted by molar-refractivity contribution is 7.92. The van der Waals surface area contributed by atoms with Crippen molar-refractivity contribution in [3.05, 3.63) is 90.0 Å². The lowest BCUT2D eigenvalue weighted by molar-refractivity contribution is 0.0936. The second-order valence-corrected chi connectivity index (χ2v) is 8.35. The van der Waals surface area contributed by atoms with Crippen molar-refractivity contribution in [1.82, 2.24) is 5.32 Å². The summed E-state index contributed by atoms with van der Waals surface area (Å²) in [4.78, 5) is 13.1. The number of benzene rings is 3. The van der Waals surface area contributed by atoms with Gasteiger partial charge in [0.05, 0.1) is 29.3 Å². The molecule has 0 bridgehead atoms. The van der Waals surface area contributed by atoms with Gasteiger partial charge < -0.3 is 10.1 Å². The standard InChI is InChI=1S/C23H24N2O4S/c1-3-21(17-13-15-18(29-2)16-14-17)24-23(26)20-11-7-8-12-22(20)25-30(27,28)19-9-5-4-6-10-19/h4-16,21,25H,3H2,1-2H3,(H,24,26)/t21-/m0/s1. The highest BCUT2D eigenvalue weighted by Crippen LogP contribution is 2.23. The van der Waals surface area contributed by atoms with Crippen LogP contribution < -0.4 is 14.8 Å². The molecule has 0 saturated carbocycles. The van der Waals surface area contributed by atoms with Crippen LogP contribution >= 0.6 is 0 Å². The fourth-order valence-corrected chi connectivity index (χ4v) is 4.17. The first-order chi connectivity index (χ1) is 14.4. The van der Waals surface area contributed by atoms with Gasteiger partial charge in [0.1, 0.15) is 5.75 Å². The van der Waals surface area contributed by atoms with Gasteiger partial charge in [-0.3, -0.25) is 9.52 Å². The van der Waals surface area contributed by atoms with Gasteiger partial charge in [0.15, 0.2) is 0 Å². The van der Waals surface area contributed by atoms with Gasteiger partial charge in [0.2, 0.25) is 0 Å². The number of nitrogens with one attached hydrogen (secondary N) is 2. The highest BCUT2D eigenvalue weighted by atomic mass is 32.2. The van der Waals surface area contributed by atoms with E-state index in [2.05, 4.69) is 10.0 Å². The smallest absolute Gasteiger partial charge is 0.261 e. The van der Waals surface area contributed by atoms with Crippen molar-refractivity contribution in [3.63, 3.8) is 0 Å².